The lowest BCUT2D eigenvalue weighted by atomic mass is 9.92. The average Bonchev–Trinajstić information content (AvgIpc) is 2.51. The highest BCUT2D eigenvalue weighted by atomic mass is 28.4. The Morgan fingerprint density at radius 3 is 1.96 bits per heavy atom. The summed E-state index contributed by atoms with van der Waals surface area (Å²) in [5, 5.41) is 0. The third kappa shape index (κ3) is 7.05. The molecule has 0 saturated carbocycles. The summed E-state index contributed by atoms with van der Waals surface area (Å²) in [5.41, 5.74) is 1.70. The van der Waals surface area contributed by atoms with Crippen molar-refractivity contribution in [2.45, 2.75) is 38.4 Å². The Morgan fingerprint density at radius 1 is 1.00 bits per heavy atom. The van der Waals surface area contributed by atoms with Crippen LogP contribution in [0, 0.1) is 5.41 Å². The third-order valence-corrected chi connectivity index (χ3v) is 9.75. The standard InChI is InChI=1S/C20H38N2OSi/c1-8-24(23-7,15-14-19-12-10-9-11-13-19)18-20(2,16-21(3)4)17-22(5)6/h9-13H,8,14-18H2,1-7H3. The Kier molecular flexibility index (Phi) is 8.64. The van der Waals surface area contributed by atoms with E-state index in [2.05, 4.69) is 82.2 Å². The predicted octanol–water partition coefficient (Wildman–Crippen LogP) is 3.97. The number of nitrogens with zero attached hydrogens (tertiary/aromatic N) is 2. The highest BCUT2D eigenvalue weighted by Crippen LogP contribution is 2.36. The van der Waals surface area contributed by atoms with Crippen LogP contribution in [-0.4, -0.2) is 66.5 Å². The van der Waals surface area contributed by atoms with E-state index in [1.807, 2.05) is 7.11 Å². The highest BCUT2D eigenvalue weighted by Gasteiger charge is 2.40. The molecule has 1 rings (SSSR count). The summed E-state index contributed by atoms with van der Waals surface area (Å²) in [6.07, 6.45) is 1.13. The minimum absolute atomic E-state index is 0.266. The van der Waals surface area contributed by atoms with E-state index in [1.54, 1.807) is 0 Å². The SMILES string of the molecule is CC[Si](CCc1ccccc1)(CC(C)(CN(C)C)CN(C)C)OC. The van der Waals surface area contributed by atoms with Gasteiger partial charge in [-0.3, -0.25) is 0 Å². The molecule has 0 saturated heterocycles. The monoisotopic (exact) mass is 350 g/mol. The van der Waals surface area contributed by atoms with Gasteiger partial charge in [-0.15, -0.1) is 0 Å². The molecule has 0 aliphatic heterocycles. The normalized spacial score (nSPS) is 15.0. The molecule has 0 bridgehead atoms. The molecule has 3 nitrogen and oxygen atoms in total. The second-order valence-electron chi connectivity index (χ2n) is 8.19. The van der Waals surface area contributed by atoms with Crippen LogP contribution in [-0.2, 0) is 10.8 Å². The van der Waals surface area contributed by atoms with Crippen molar-refractivity contribution >= 4 is 8.32 Å². The van der Waals surface area contributed by atoms with Crippen LogP contribution in [0.5, 0.6) is 0 Å². The molecule has 0 aromatic heterocycles. The van der Waals surface area contributed by atoms with Crippen molar-refractivity contribution in [3.63, 3.8) is 0 Å². The molecule has 0 heterocycles. The van der Waals surface area contributed by atoms with E-state index < -0.39 is 8.32 Å². The van der Waals surface area contributed by atoms with Crippen molar-refractivity contribution < 1.29 is 4.43 Å². The maximum atomic E-state index is 6.27. The van der Waals surface area contributed by atoms with Crippen LogP contribution in [0.3, 0.4) is 0 Å². The van der Waals surface area contributed by atoms with Gasteiger partial charge in [-0.1, -0.05) is 44.2 Å². The van der Waals surface area contributed by atoms with E-state index in [4.69, 9.17) is 4.43 Å². The summed E-state index contributed by atoms with van der Waals surface area (Å²) in [6, 6.07) is 14.5. The van der Waals surface area contributed by atoms with Crippen LogP contribution >= 0.6 is 0 Å². The number of aryl methyl sites for hydroxylation is 1. The molecule has 0 amide bonds. The number of benzene rings is 1. The van der Waals surface area contributed by atoms with Gasteiger partial charge in [0, 0.05) is 20.2 Å². The Morgan fingerprint density at radius 2 is 1.54 bits per heavy atom. The van der Waals surface area contributed by atoms with Crippen LogP contribution in [0.2, 0.25) is 18.1 Å². The third-order valence-electron chi connectivity index (χ3n) is 4.93. The number of hydrogen-bond acceptors (Lipinski definition) is 3. The second-order valence-corrected chi connectivity index (χ2v) is 12.5. The minimum atomic E-state index is -1.75. The number of rotatable bonds is 11. The molecule has 0 aliphatic carbocycles. The van der Waals surface area contributed by atoms with Crippen molar-refractivity contribution in [2.24, 2.45) is 5.41 Å². The predicted molar refractivity (Wildman–Crippen MR) is 108 cm³/mol. The van der Waals surface area contributed by atoms with Crippen molar-refractivity contribution in [3.8, 4) is 0 Å². The summed E-state index contributed by atoms with van der Waals surface area (Å²) in [6.45, 7) is 6.97. The molecular formula is C20H38N2OSi. The molecule has 0 aliphatic rings. The first-order chi connectivity index (χ1) is 11.2. The summed E-state index contributed by atoms with van der Waals surface area (Å²) in [5.74, 6) is 0. The molecule has 0 spiro atoms. The Bertz CT molecular complexity index is 448. The topological polar surface area (TPSA) is 15.7 Å². The van der Waals surface area contributed by atoms with E-state index in [-0.39, 0.29) is 5.41 Å². The van der Waals surface area contributed by atoms with Gasteiger partial charge >= 0.3 is 0 Å². The van der Waals surface area contributed by atoms with Gasteiger partial charge in [0.2, 0.25) is 0 Å². The van der Waals surface area contributed by atoms with Gasteiger partial charge in [-0.2, -0.15) is 0 Å². The fourth-order valence-electron chi connectivity index (χ4n) is 4.19. The van der Waals surface area contributed by atoms with E-state index >= 15 is 0 Å². The minimum Gasteiger partial charge on any atom is -0.420 e. The van der Waals surface area contributed by atoms with Crippen molar-refractivity contribution in [1.82, 2.24) is 9.80 Å². The summed E-state index contributed by atoms with van der Waals surface area (Å²) in [7, 11) is 8.92. The zero-order valence-corrected chi connectivity index (χ0v) is 17.9. The summed E-state index contributed by atoms with van der Waals surface area (Å²) in [4.78, 5) is 4.65. The van der Waals surface area contributed by atoms with Crippen molar-refractivity contribution in [3.05, 3.63) is 35.9 Å². The fraction of sp³-hybridized carbons (Fsp3) is 0.700. The smallest absolute Gasteiger partial charge is 0.192 e. The zero-order valence-electron chi connectivity index (χ0n) is 16.9. The Hall–Kier alpha value is -0.683. The second kappa shape index (κ2) is 9.71. The molecule has 4 heteroatoms. The van der Waals surface area contributed by atoms with Gasteiger partial charge < -0.3 is 14.2 Å². The van der Waals surface area contributed by atoms with Gasteiger partial charge in [-0.25, -0.2) is 0 Å². The molecule has 1 aromatic rings. The molecular weight excluding hydrogens is 312 g/mol. The lowest BCUT2D eigenvalue weighted by Gasteiger charge is -2.42. The van der Waals surface area contributed by atoms with Gasteiger partial charge in [0.25, 0.3) is 0 Å². The quantitative estimate of drug-likeness (QED) is 0.562. The van der Waals surface area contributed by atoms with Gasteiger partial charge in [0.1, 0.15) is 0 Å². The Labute approximate surface area is 151 Å². The van der Waals surface area contributed by atoms with Gasteiger partial charge in [0.15, 0.2) is 8.32 Å². The average molecular weight is 351 g/mol. The van der Waals surface area contributed by atoms with E-state index in [9.17, 15) is 0 Å². The molecule has 24 heavy (non-hydrogen) atoms. The zero-order chi connectivity index (χ0) is 18.2. The van der Waals surface area contributed by atoms with Crippen LogP contribution in [0.15, 0.2) is 30.3 Å². The summed E-state index contributed by atoms with van der Waals surface area (Å²) < 4.78 is 6.27. The molecule has 1 unspecified atom stereocenters. The first kappa shape index (κ1) is 21.4. The first-order valence-corrected chi connectivity index (χ1v) is 11.7. The molecule has 0 radical (unpaired) electrons. The fourth-order valence-corrected chi connectivity index (χ4v) is 8.13. The first-order valence-electron chi connectivity index (χ1n) is 9.13. The van der Waals surface area contributed by atoms with E-state index in [0.29, 0.717) is 0 Å². The van der Waals surface area contributed by atoms with Crippen LogP contribution < -0.4 is 0 Å². The van der Waals surface area contributed by atoms with Crippen molar-refractivity contribution in [1.29, 1.82) is 0 Å². The largest absolute Gasteiger partial charge is 0.420 e. The van der Waals surface area contributed by atoms with Crippen LogP contribution in [0.1, 0.15) is 19.4 Å². The molecule has 138 valence electrons. The molecule has 0 N–H and O–H groups in total. The highest BCUT2D eigenvalue weighted by molar-refractivity contribution is 6.73. The van der Waals surface area contributed by atoms with Gasteiger partial charge in [-0.05, 0) is 63.7 Å². The van der Waals surface area contributed by atoms with E-state index in [0.717, 1.165) is 19.5 Å². The maximum absolute atomic E-state index is 6.27. The molecule has 0 fully saturated rings. The number of hydrogen-bond donors (Lipinski definition) is 0. The van der Waals surface area contributed by atoms with Crippen molar-refractivity contribution in [2.75, 3.05) is 48.4 Å². The van der Waals surface area contributed by atoms with Crippen LogP contribution in [0.4, 0.5) is 0 Å². The molecule has 1 atom stereocenters. The van der Waals surface area contributed by atoms with E-state index in [1.165, 1.54) is 23.7 Å². The van der Waals surface area contributed by atoms with Gasteiger partial charge in [0.05, 0.1) is 0 Å². The molecule has 1 aromatic carbocycles. The Balaban J connectivity index is 2.89. The lowest BCUT2D eigenvalue weighted by Crippen LogP contribution is -2.48. The summed E-state index contributed by atoms with van der Waals surface area (Å²) >= 11 is 0. The maximum Gasteiger partial charge on any atom is 0.192 e. The van der Waals surface area contributed by atoms with Crippen LogP contribution in [0.25, 0.3) is 0 Å². The lowest BCUT2D eigenvalue weighted by molar-refractivity contribution is 0.173.